The zero-order valence-corrected chi connectivity index (χ0v) is 5.91. The summed E-state index contributed by atoms with van der Waals surface area (Å²) in [4.78, 5) is 3.93. The van der Waals surface area contributed by atoms with Gasteiger partial charge in [0.25, 0.3) is 5.89 Å². The van der Waals surface area contributed by atoms with E-state index in [1.165, 1.54) is 6.07 Å². The summed E-state index contributed by atoms with van der Waals surface area (Å²) in [6.45, 7) is 0. The van der Waals surface area contributed by atoms with Crippen LogP contribution in [0.3, 0.4) is 0 Å². The number of nitrogens with zero attached hydrogens (tertiary/aromatic N) is 2. The van der Waals surface area contributed by atoms with Crippen molar-refractivity contribution < 1.29 is 8.91 Å². The molecule has 0 fully saturated rings. The van der Waals surface area contributed by atoms with Gasteiger partial charge in [0.1, 0.15) is 5.82 Å². The predicted molar refractivity (Wildman–Crippen MR) is 38.7 cm³/mol. The maximum atomic E-state index is 13.1. The molecule has 1 aromatic heterocycles. The van der Waals surface area contributed by atoms with Crippen LogP contribution in [0.2, 0.25) is 0 Å². The third-order valence-electron chi connectivity index (χ3n) is 1.89. The Hall–Kier alpha value is -1.71. The van der Waals surface area contributed by atoms with Crippen LogP contribution < -0.4 is 0 Å². The summed E-state index contributed by atoms with van der Waals surface area (Å²) in [5.74, 6) is 0.439. The summed E-state index contributed by atoms with van der Waals surface area (Å²) in [7, 11) is 0. The van der Waals surface area contributed by atoms with Crippen LogP contribution in [0.1, 0.15) is 0 Å². The molecule has 4 heteroatoms. The molecule has 3 nitrogen and oxygen atoms in total. The van der Waals surface area contributed by atoms with Gasteiger partial charge in [-0.15, -0.1) is 0 Å². The van der Waals surface area contributed by atoms with Gasteiger partial charge in [-0.3, -0.25) is 0 Å². The minimum absolute atomic E-state index is 0.276. The molecule has 3 rings (SSSR count). The van der Waals surface area contributed by atoms with Gasteiger partial charge < -0.3 is 4.52 Å². The highest BCUT2D eigenvalue weighted by Gasteiger charge is 2.26. The van der Waals surface area contributed by atoms with Crippen LogP contribution in [0.25, 0.3) is 22.8 Å². The number of fused-ring (bicyclic) bond motifs is 5. The monoisotopic (exact) mass is 162 g/mol. The molecule has 0 aliphatic carbocycles. The molecule has 2 heterocycles. The summed E-state index contributed by atoms with van der Waals surface area (Å²) in [5.41, 5.74) is 1.15. The third kappa shape index (κ3) is 0.514. The van der Waals surface area contributed by atoms with Crippen LogP contribution in [0.15, 0.2) is 22.7 Å². The first-order valence-corrected chi connectivity index (χ1v) is 3.49. The quantitative estimate of drug-likeness (QED) is 0.506. The van der Waals surface area contributed by atoms with E-state index in [1.807, 2.05) is 0 Å². The van der Waals surface area contributed by atoms with Crippen molar-refractivity contribution in [2.45, 2.75) is 0 Å². The average Bonchev–Trinajstić information content (AvgIpc) is 2.64. The number of rotatable bonds is 0. The number of halogens is 1. The van der Waals surface area contributed by atoms with Gasteiger partial charge in [-0.1, -0.05) is 17.3 Å². The lowest BCUT2D eigenvalue weighted by atomic mass is 10.1. The van der Waals surface area contributed by atoms with Gasteiger partial charge in [0, 0.05) is 5.56 Å². The maximum Gasteiger partial charge on any atom is 0.261 e. The SMILES string of the molecule is Fc1cccc2c1-c1nc-2no1. The molecule has 1 aromatic carbocycles. The Morgan fingerprint density at radius 3 is 3.08 bits per heavy atom. The van der Waals surface area contributed by atoms with E-state index in [1.54, 1.807) is 12.1 Å². The Bertz CT molecular complexity index is 464. The van der Waals surface area contributed by atoms with Crippen LogP contribution in [-0.2, 0) is 0 Å². The van der Waals surface area contributed by atoms with Gasteiger partial charge in [0.05, 0.1) is 5.56 Å². The Kier molecular flexibility index (Phi) is 0.841. The standard InChI is InChI=1S/C8H3FN2O/c9-5-3-1-2-4-6(5)8-10-7(4)11-12-8/h1-3H. The van der Waals surface area contributed by atoms with E-state index >= 15 is 0 Å². The lowest BCUT2D eigenvalue weighted by molar-refractivity contribution is 0.425. The Morgan fingerprint density at radius 1 is 1.33 bits per heavy atom. The normalized spacial score (nSPS) is 11.8. The van der Waals surface area contributed by atoms with Crippen LogP contribution in [0.4, 0.5) is 4.39 Å². The minimum atomic E-state index is -0.309. The van der Waals surface area contributed by atoms with Crippen molar-refractivity contribution in [2.24, 2.45) is 0 Å². The van der Waals surface area contributed by atoms with E-state index in [4.69, 9.17) is 4.52 Å². The first kappa shape index (κ1) is 5.88. The molecule has 58 valence electrons. The molecule has 0 unspecified atom stereocenters. The summed E-state index contributed by atoms with van der Waals surface area (Å²) in [6, 6.07) is 4.79. The number of hydrogen-bond donors (Lipinski definition) is 0. The predicted octanol–water partition coefficient (Wildman–Crippen LogP) is 1.86. The van der Waals surface area contributed by atoms with E-state index in [-0.39, 0.29) is 11.7 Å². The molecule has 0 saturated carbocycles. The van der Waals surface area contributed by atoms with Crippen molar-refractivity contribution in [2.75, 3.05) is 0 Å². The Balaban J connectivity index is 2.46. The topological polar surface area (TPSA) is 38.9 Å². The molecule has 0 amide bonds. The van der Waals surface area contributed by atoms with Crippen molar-refractivity contribution in [3.63, 3.8) is 0 Å². The second kappa shape index (κ2) is 1.72. The van der Waals surface area contributed by atoms with Crippen molar-refractivity contribution in [1.82, 2.24) is 10.1 Å². The van der Waals surface area contributed by atoms with Crippen LogP contribution >= 0.6 is 0 Å². The van der Waals surface area contributed by atoms with E-state index in [0.717, 1.165) is 5.56 Å². The molecule has 0 atom stereocenters. The molecule has 0 N–H and O–H groups in total. The summed E-state index contributed by atoms with van der Waals surface area (Å²) in [6.07, 6.45) is 0. The molecular formula is C8H3FN2O. The van der Waals surface area contributed by atoms with Crippen LogP contribution in [0, 0.1) is 5.82 Å². The molecule has 0 saturated heterocycles. The van der Waals surface area contributed by atoms with E-state index in [0.29, 0.717) is 11.4 Å². The average molecular weight is 162 g/mol. The number of hydrogen-bond acceptors (Lipinski definition) is 3. The molecule has 0 spiro atoms. The van der Waals surface area contributed by atoms with Crippen LogP contribution in [0.5, 0.6) is 0 Å². The highest BCUT2D eigenvalue weighted by Crippen LogP contribution is 2.37. The molecule has 0 radical (unpaired) electrons. The van der Waals surface area contributed by atoms with Crippen molar-refractivity contribution in [3.8, 4) is 22.8 Å². The largest absolute Gasteiger partial charge is 0.333 e. The Morgan fingerprint density at radius 2 is 2.25 bits per heavy atom. The fourth-order valence-corrected chi connectivity index (χ4v) is 1.36. The van der Waals surface area contributed by atoms with Crippen LogP contribution in [-0.4, -0.2) is 10.1 Å². The third-order valence-corrected chi connectivity index (χ3v) is 1.89. The highest BCUT2D eigenvalue weighted by atomic mass is 19.1. The van der Waals surface area contributed by atoms with Crippen molar-refractivity contribution >= 4 is 0 Å². The zero-order chi connectivity index (χ0) is 8.13. The molecule has 1 aliphatic heterocycles. The first-order valence-electron chi connectivity index (χ1n) is 3.49. The van der Waals surface area contributed by atoms with Gasteiger partial charge >= 0.3 is 0 Å². The highest BCUT2D eigenvalue weighted by molar-refractivity contribution is 5.81. The first-order chi connectivity index (χ1) is 5.86. The van der Waals surface area contributed by atoms with Gasteiger partial charge in [0.2, 0.25) is 5.82 Å². The minimum Gasteiger partial charge on any atom is -0.333 e. The summed E-state index contributed by atoms with van der Waals surface area (Å²) >= 11 is 0. The smallest absolute Gasteiger partial charge is 0.261 e. The maximum absolute atomic E-state index is 13.1. The van der Waals surface area contributed by atoms with E-state index in [2.05, 4.69) is 10.1 Å². The molecule has 12 heavy (non-hydrogen) atoms. The fraction of sp³-hybridized carbons (Fsp3) is 0. The van der Waals surface area contributed by atoms with E-state index < -0.39 is 0 Å². The Labute approximate surface area is 66.8 Å². The van der Waals surface area contributed by atoms with Gasteiger partial charge in [-0.2, -0.15) is 4.98 Å². The molecule has 2 bridgehead atoms. The van der Waals surface area contributed by atoms with Gasteiger partial charge in [-0.25, -0.2) is 4.39 Å². The molecule has 2 aromatic rings. The number of aromatic nitrogens is 2. The molecular weight excluding hydrogens is 159 g/mol. The summed E-state index contributed by atoms with van der Waals surface area (Å²) in [5, 5.41) is 3.63. The van der Waals surface area contributed by atoms with Crippen molar-refractivity contribution in [3.05, 3.63) is 24.0 Å². The number of benzene rings is 1. The fourth-order valence-electron chi connectivity index (χ4n) is 1.36. The lowest BCUT2D eigenvalue weighted by Crippen LogP contribution is -1.86. The zero-order valence-electron chi connectivity index (χ0n) is 5.91. The molecule has 1 aliphatic rings. The summed E-state index contributed by atoms with van der Waals surface area (Å²) < 4.78 is 17.9. The van der Waals surface area contributed by atoms with Crippen molar-refractivity contribution in [1.29, 1.82) is 0 Å². The second-order valence-corrected chi connectivity index (χ2v) is 2.59. The van der Waals surface area contributed by atoms with Gasteiger partial charge in [-0.05, 0) is 6.07 Å². The van der Waals surface area contributed by atoms with E-state index in [9.17, 15) is 4.39 Å². The van der Waals surface area contributed by atoms with Gasteiger partial charge in [0.15, 0.2) is 0 Å². The second-order valence-electron chi connectivity index (χ2n) is 2.59. The lowest BCUT2D eigenvalue weighted by Gasteiger charge is -1.99.